The van der Waals surface area contributed by atoms with Gasteiger partial charge in [-0.1, -0.05) is 12.8 Å². The lowest BCUT2D eigenvalue weighted by Gasteiger charge is -2.52. The van der Waals surface area contributed by atoms with Crippen molar-refractivity contribution in [2.75, 3.05) is 0 Å². The monoisotopic (exact) mass is 312 g/mol. The van der Waals surface area contributed by atoms with Gasteiger partial charge in [0.2, 0.25) is 0 Å². The van der Waals surface area contributed by atoms with E-state index in [4.69, 9.17) is 6.42 Å². The highest BCUT2D eigenvalue weighted by Crippen LogP contribution is 2.64. The highest BCUT2D eigenvalue weighted by Gasteiger charge is 2.61. The van der Waals surface area contributed by atoms with Crippen LogP contribution in [0.15, 0.2) is 12.1 Å². The molecular formula is C20H24O3. The average Bonchev–Trinajstić information content (AvgIpc) is 2.81. The van der Waals surface area contributed by atoms with Crippen molar-refractivity contribution in [1.29, 1.82) is 0 Å². The van der Waals surface area contributed by atoms with Gasteiger partial charge < -0.3 is 15.3 Å². The van der Waals surface area contributed by atoms with E-state index in [9.17, 15) is 15.3 Å². The number of aromatic hydroxyl groups is 2. The average molecular weight is 312 g/mol. The zero-order chi connectivity index (χ0) is 16.4. The molecule has 3 aliphatic rings. The van der Waals surface area contributed by atoms with Gasteiger partial charge in [0.05, 0.1) is 0 Å². The van der Waals surface area contributed by atoms with E-state index in [1.807, 2.05) is 0 Å². The standard InChI is InChI=1S/C20H24O3/c1-3-20(23)9-7-16-14-5-4-12-10-17(21)18(22)11-15(12)13(14)6-8-19(16,20)2/h1,10-11,13-14,16,21-23H,4-9H2,2H3/t13?,14?,16?,19?,20-/m0/s1. The van der Waals surface area contributed by atoms with Crippen LogP contribution >= 0.6 is 0 Å². The fraction of sp³-hybridized carbons (Fsp3) is 0.600. The van der Waals surface area contributed by atoms with E-state index in [1.165, 1.54) is 5.56 Å². The van der Waals surface area contributed by atoms with Crippen LogP contribution in [-0.2, 0) is 6.42 Å². The topological polar surface area (TPSA) is 60.7 Å². The first-order valence-electron chi connectivity index (χ1n) is 8.64. The fourth-order valence-electron chi connectivity index (χ4n) is 5.85. The third kappa shape index (κ3) is 1.82. The third-order valence-electron chi connectivity index (χ3n) is 7.21. The molecule has 3 heteroatoms. The molecule has 0 aromatic heterocycles. The number of phenolic OH excluding ortho intramolecular Hbond substituents is 2. The number of aliphatic hydroxyl groups is 1. The molecule has 1 aromatic rings. The lowest BCUT2D eigenvalue weighted by Crippen LogP contribution is -2.50. The zero-order valence-corrected chi connectivity index (χ0v) is 13.5. The molecule has 23 heavy (non-hydrogen) atoms. The summed E-state index contributed by atoms with van der Waals surface area (Å²) >= 11 is 0. The molecular weight excluding hydrogens is 288 g/mol. The number of benzene rings is 1. The molecule has 0 amide bonds. The summed E-state index contributed by atoms with van der Waals surface area (Å²) in [7, 11) is 0. The Balaban J connectivity index is 1.74. The van der Waals surface area contributed by atoms with E-state index < -0.39 is 5.60 Å². The summed E-state index contributed by atoms with van der Waals surface area (Å²) in [6.45, 7) is 2.17. The minimum atomic E-state index is -0.972. The van der Waals surface area contributed by atoms with Gasteiger partial charge in [-0.2, -0.15) is 0 Å². The Morgan fingerprint density at radius 3 is 2.61 bits per heavy atom. The van der Waals surface area contributed by atoms with Crippen LogP contribution in [0, 0.1) is 29.6 Å². The zero-order valence-electron chi connectivity index (χ0n) is 13.5. The Kier molecular flexibility index (Phi) is 3.03. The lowest BCUT2D eigenvalue weighted by molar-refractivity contribution is -0.0647. The second-order valence-electron chi connectivity index (χ2n) is 7.95. The molecule has 2 saturated carbocycles. The normalized spacial score (nSPS) is 41.5. The quantitative estimate of drug-likeness (QED) is 0.509. The van der Waals surface area contributed by atoms with Crippen LogP contribution < -0.4 is 0 Å². The maximum Gasteiger partial charge on any atom is 0.157 e. The Bertz CT molecular complexity index is 704. The highest BCUT2D eigenvalue weighted by molar-refractivity contribution is 5.48. The first kappa shape index (κ1) is 14.9. The second kappa shape index (κ2) is 4.68. The van der Waals surface area contributed by atoms with E-state index in [1.54, 1.807) is 12.1 Å². The van der Waals surface area contributed by atoms with Gasteiger partial charge >= 0.3 is 0 Å². The van der Waals surface area contributed by atoms with E-state index in [2.05, 4.69) is 12.8 Å². The van der Waals surface area contributed by atoms with Crippen molar-refractivity contribution in [1.82, 2.24) is 0 Å². The maximum atomic E-state index is 10.9. The molecule has 3 N–H and O–H groups in total. The molecule has 3 nitrogen and oxygen atoms in total. The summed E-state index contributed by atoms with van der Waals surface area (Å²) in [5.74, 6) is 4.00. The number of hydrogen-bond donors (Lipinski definition) is 3. The molecule has 122 valence electrons. The van der Waals surface area contributed by atoms with Crippen molar-refractivity contribution in [2.24, 2.45) is 17.3 Å². The van der Waals surface area contributed by atoms with Crippen LogP contribution in [0.5, 0.6) is 11.5 Å². The maximum absolute atomic E-state index is 10.9. The van der Waals surface area contributed by atoms with Crippen LogP contribution in [0.4, 0.5) is 0 Å². The molecule has 3 aliphatic carbocycles. The summed E-state index contributed by atoms with van der Waals surface area (Å²) in [6, 6.07) is 3.48. The molecule has 2 fully saturated rings. The summed E-state index contributed by atoms with van der Waals surface area (Å²) in [5.41, 5.74) is 1.18. The number of rotatable bonds is 0. The number of hydrogen-bond acceptors (Lipinski definition) is 3. The first-order valence-corrected chi connectivity index (χ1v) is 8.64. The lowest BCUT2D eigenvalue weighted by atomic mass is 9.53. The van der Waals surface area contributed by atoms with Crippen molar-refractivity contribution in [2.45, 2.75) is 57.0 Å². The van der Waals surface area contributed by atoms with Crippen LogP contribution in [-0.4, -0.2) is 20.9 Å². The van der Waals surface area contributed by atoms with Gasteiger partial charge in [-0.3, -0.25) is 0 Å². The minimum absolute atomic E-state index is 0.0228. The summed E-state index contributed by atoms with van der Waals surface area (Å²) in [6.07, 6.45) is 11.3. The Morgan fingerprint density at radius 1 is 1.13 bits per heavy atom. The Hall–Kier alpha value is -1.66. The Labute approximate surface area is 137 Å². The molecule has 0 spiro atoms. The van der Waals surface area contributed by atoms with E-state index in [0.717, 1.165) is 37.7 Å². The number of phenols is 2. The third-order valence-corrected chi connectivity index (χ3v) is 7.21. The smallest absolute Gasteiger partial charge is 0.157 e. The first-order chi connectivity index (χ1) is 10.9. The molecule has 0 heterocycles. The van der Waals surface area contributed by atoms with Crippen LogP contribution in [0.25, 0.3) is 0 Å². The fourth-order valence-corrected chi connectivity index (χ4v) is 5.85. The molecule has 0 bridgehead atoms. The van der Waals surface area contributed by atoms with Gasteiger partial charge in [-0.15, -0.1) is 6.42 Å². The van der Waals surface area contributed by atoms with Gasteiger partial charge in [-0.25, -0.2) is 0 Å². The molecule has 0 aliphatic heterocycles. The molecule has 5 atom stereocenters. The molecule has 0 saturated heterocycles. The summed E-state index contributed by atoms with van der Waals surface area (Å²) in [5, 5.41) is 30.6. The molecule has 1 aromatic carbocycles. The molecule has 4 unspecified atom stereocenters. The van der Waals surface area contributed by atoms with Crippen molar-refractivity contribution >= 4 is 0 Å². The van der Waals surface area contributed by atoms with Crippen LogP contribution in [0.3, 0.4) is 0 Å². The van der Waals surface area contributed by atoms with Crippen molar-refractivity contribution < 1.29 is 15.3 Å². The number of aryl methyl sites for hydroxylation is 1. The predicted octanol–water partition coefficient (Wildman–Crippen LogP) is 3.32. The highest BCUT2D eigenvalue weighted by atomic mass is 16.3. The van der Waals surface area contributed by atoms with Gasteiger partial charge in [-0.05, 0) is 79.5 Å². The van der Waals surface area contributed by atoms with E-state index >= 15 is 0 Å². The van der Waals surface area contributed by atoms with Crippen molar-refractivity contribution in [3.63, 3.8) is 0 Å². The SMILES string of the molecule is C#C[C@]1(O)CCC2C3CCc4cc(O)c(O)cc4C3CCC21C. The van der Waals surface area contributed by atoms with Gasteiger partial charge in [0.1, 0.15) is 5.60 Å². The number of fused-ring (bicyclic) bond motifs is 5. The van der Waals surface area contributed by atoms with Crippen molar-refractivity contribution in [3.05, 3.63) is 23.3 Å². The van der Waals surface area contributed by atoms with Crippen molar-refractivity contribution in [3.8, 4) is 23.8 Å². The summed E-state index contributed by atoms with van der Waals surface area (Å²) in [4.78, 5) is 0. The van der Waals surface area contributed by atoms with Gasteiger partial charge in [0.15, 0.2) is 11.5 Å². The van der Waals surface area contributed by atoms with Gasteiger partial charge in [0.25, 0.3) is 0 Å². The van der Waals surface area contributed by atoms with E-state index in [-0.39, 0.29) is 16.9 Å². The summed E-state index contributed by atoms with van der Waals surface area (Å²) < 4.78 is 0. The van der Waals surface area contributed by atoms with E-state index in [0.29, 0.717) is 24.2 Å². The molecule has 4 rings (SSSR count). The predicted molar refractivity (Wildman–Crippen MR) is 88.2 cm³/mol. The Morgan fingerprint density at radius 2 is 1.87 bits per heavy atom. The van der Waals surface area contributed by atoms with Crippen LogP contribution in [0.2, 0.25) is 0 Å². The van der Waals surface area contributed by atoms with Gasteiger partial charge in [0, 0.05) is 5.41 Å². The molecule has 0 radical (unpaired) electrons. The van der Waals surface area contributed by atoms with Crippen LogP contribution in [0.1, 0.15) is 56.1 Å². The minimum Gasteiger partial charge on any atom is -0.504 e. The number of terminal acetylenes is 1. The largest absolute Gasteiger partial charge is 0.504 e. The second-order valence-corrected chi connectivity index (χ2v) is 7.95.